The molecular formula is C11H16. The van der Waals surface area contributed by atoms with Crippen molar-refractivity contribution in [1.29, 1.82) is 0 Å². The van der Waals surface area contributed by atoms with Crippen molar-refractivity contribution >= 4 is 0 Å². The lowest BCUT2D eigenvalue weighted by molar-refractivity contribution is 0.364. The summed E-state index contributed by atoms with van der Waals surface area (Å²) in [4.78, 5) is 0. The summed E-state index contributed by atoms with van der Waals surface area (Å²) in [5.74, 6) is 5.21. The van der Waals surface area contributed by atoms with Crippen LogP contribution in [0, 0.1) is 29.6 Å². The van der Waals surface area contributed by atoms with Gasteiger partial charge in [-0.3, -0.25) is 0 Å². The van der Waals surface area contributed by atoms with Gasteiger partial charge in [-0.25, -0.2) is 0 Å². The highest BCUT2D eigenvalue weighted by atomic mass is 14.5. The first-order chi connectivity index (χ1) is 5.34. The van der Waals surface area contributed by atoms with E-state index < -0.39 is 0 Å². The van der Waals surface area contributed by atoms with Gasteiger partial charge in [-0.2, -0.15) is 0 Å². The van der Waals surface area contributed by atoms with Crippen molar-refractivity contribution in [2.24, 2.45) is 29.6 Å². The van der Waals surface area contributed by atoms with Crippen LogP contribution in [0.5, 0.6) is 0 Å². The van der Waals surface area contributed by atoms with Crippen LogP contribution in [0.1, 0.15) is 26.2 Å². The van der Waals surface area contributed by atoms with Crippen LogP contribution in [0.15, 0.2) is 12.2 Å². The van der Waals surface area contributed by atoms with Crippen LogP contribution < -0.4 is 0 Å². The molecule has 2 saturated carbocycles. The third-order valence-electron chi connectivity index (χ3n) is 4.15. The molecule has 0 nitrogen and oxygen atoms in total. The number of fused-ring (bicyclic) bond motifs is 5. The van der Waals surface area contributed by atoms with Crippen LogP contribution >= 0.6 is 0 Å². The van der Waals surface area contributed by atoms with Gasteiger partial charge in [0, 0.05) is 0 Å². The Balaban J connectivity index is 1.92. The van der Waals surface area contributed by atoms with Crippen molar-refractivity contribution < 1.29 is 0 Å². The quantitative estimate of drug-likeness (QED) is 0.463. The highest BCUT2D eigenvalue weighted by Crippen LogP contribution is 2.56. The molecule has 0 aromatic carbocycles. The minimum absolute atomic E-state index is 0.995. The Morgan fingerprint density at radius 2 is 1.45 bits per heavy atom. The molecule has 0 N–H and O–H groups in total. The summed E-state index contributed by atoms with van der Waals surface area (Å²) >= 11 is 0. The lowest BCUT2D eigenvalue weighted by Gasteiger charge is -2.19. The molecule has 0 spiro atoms. The van der Waals surface area contributed by atoms with E-state index in [0.717, 1.165) is 29.6 Å². The summed E-state index contributed by atoms with van der Waals surface area (Å²) in [7, 11) is 0. The molecule has 11 heavy (non-hydrogen) atoms. The molecule has 0 aromatic rings. The SMILES string of the molecule is CC1CC2C3C=CC(C3)C2C1. The second kappa shape index (κ2) is 1.91. The van der Waals surface area contributed by atoms with Gasteiger partial charge in [0.25, 0.3) is 0 Å². The predicted molar refractivity (Wildman–Crippen MR) is 46.1 cm³/mol. The molecule has 0 aromatic heterocycles. The molecular weight excluding hydrogens is 132 g/mol. The van der Waals surface area contributed by atoms with Crippen LogP contribution in [0.2, 0.25) is 0 Å². The van der Waals surface area contributed by atoms with E-state index in [1.54, 1.807) is 0 Å². The van der Waals surface area contributed by atoms with Crippen LogP contribution in [-0.4, -0.2) is 0 Å². The summed E-state index contributed by atoms with van der Waals surface area (Å²) in [5.41, 5.74) is 0. The number of hydrogen-bond acceptors (Lipinski definition) is 0. The Labute approximate surface area is 68.7 Å². The number of hydrogen-bond donors (Lipinski definition) is 0. The molecule has 4 unspecified atom stereocenters. The van der Waals surface area contributed by atoms with Gasteiger partial charge in [0.15, 0.2) is 0 Å². The monoisotopic (exact) mass is 148 g/mol. The molecule has 2 fully saturated rings. The molecule has 4 atom stereocenters. The highest BCUT2D eigenvalue weighted by molar-refractivity contribution is 5.15. The van der Waals surface area contributed by atoms with Gasteiger partial charge in [-0.1, -0.05) is 19.1 Å². The smallest absolute Gasteiger partial charge is 0.0196 e. The minimum atomic E-state index is 0.995. The molecule has 3 aliphatic rings. The molecule has 60 valence electrons. The summed E-state index contributed by atoms with van der Waals surface area (Å²) in [6.07, 6.45) is 9.53. The third-order valence-corrected chi connectivity index (χ3v) is 4.15. The molecule has 0 radical (unpaired) electrons. The Bertz CT molecular complexity index is 184. The van der Waals surface area contributed by atoms with Gasteiger partial charge in [-0.05, 0) is 48.9 Å². The van der Waals surface area contributed by atoms with Crippen molar-refractivity contribution in [3.63, 3.8) is 0 Å². The van der Waals surface area contributed by atoms with Gasteiger partial charge in [0.2, 0.25) is 0 Å². The first-order valence-corrected chi connectivity index (χ1v) is 5.03. The fourth-order valence-electron chi connectivity index (χ4n) is 3.75. The molecule has 0 heteroatoms. The summed E-state index contributed by atoms with van der Waals surface area (Å²) in [6.45, 7) is 2.43. The average molecular weight is 148 g/mol. The minimum Gasteiger partial charge on any atom is -0.0848 e. The lowest BCUT2D eigenvalue weighted by Crippen LogP contribution is -2.12. The second-order valence-electron chi connectivity index (χ2n) is 4.85. The summed E-state index contributed by atoms with van der Waals surface area (Å²) in [5, 5.41) is 0. The van der Waals surface area contributed by atoms with E-state index in [9.17, 15) is 0 Å². The summed E-state index contributed by atoms with van der Waals surface area (Å²) in [6, 6.07) is 0. The first-order valence-electron chi connectivity index (χ1n) is 5.03. The Morgan fingerprint density at radius 1 is 0.909 bits per heavy atom. The normalized spacial score (nSPS) is 58.8. The fraction of sp³-hybridized carbons (Fsp3) is 0.818. The van der Waals surface area contributed by atoms with Gasteiger partial charge in [0.05, 0.1) is 0 Å². The van der Waals surface area contributed by atoms with Crippen LogP contribution in [0.4, 0.5) is 0 Å². The maximum absolute atomic E-state index is 2.49. The largest absolute Gasteiger partial charge is 0.0848 e. The van der Waals surface area contributed by atoms with Crippen molar-refractivity contribution in [1.82, 2.24) is 0 Å². The van der Waals surface area contributed by atoms with Gasteiger partial charge >= 0.3 is 0 Å². The maximum atomic E-state index is 2.49. The van der Waals surface area contributed by atoms with E-state index in [-0.39, 0.29) is 0 Å². The second-order valence-corrected chi connectivity index (χ2v) is 4.85. The Morgan fingerprint density at radius 3 is 2.00 bits per heavy atom. The van der Waals surface area contributed by atoms with Gasteiger partial charge in [0.1, 0.15) is 0 Å². The van der Waals surface area contributed by atoms with Crippen LogP contribution in [0.3, 0.4) is 0 Å². The van der Waals surface area contributed by atoms with E-state index in [1.807, 2.05) is 0 Å². The lowest BCUT2D eigenvalue weighted by atomic mass is 9.86. The summed E-state index contributed by atoms with van der Waals surface area (Å²) < 4.78 is 0. The zero-order valence-corrected chi connectivity index (χ0v) is 7.16. The molecule has 2 bridgehead atoms. The molecule has 3 aliphatic carbocycles. The molecule has 3 rings (SSSR count). The van der Waals surface area contributed by atoms with E-state index in [4.69, 9.17) is 0 Å². The van der Waals surface area contributed by atoms with E-state index >= 15 is 0 Å². The third kappa shape index (κ3) is 0.706. The van der Waals surface area contributed by atoms with Gasteiger partial charge < -0.3 is 0 Å². The molecule has 0 aliphatic heterocycles. The topological polar surface area (TPSA) is 0 Å². The van der Waals surface area contributed by atoms with Crippen molar-refractivity contribution in [3.05, 3.63) is 12.2 Å². The van der Waals surface area contributed by atoms with Crippen LogP contribution in [0.25, 0.3) is 0 Å². The van der Waals surface area contributed by atoms with E-state index in [2.05, 4.69) is 19.1 Å². The standard InChI is InChI=1S/C11H16/c1-7-4-10-8-2-3-9(6-8)11(10)5-7/h2-3,7-11H,4-6H2,1H3. The Kier molecular flexibility index (Phi) is 1.09. The molecule has 0 amide bonds. The highest BCUT2D eigenvalue weighted by Gasteiger charge is 2.48. The van der Waals surface area contributed by atoms with E-state index in [0.29, 0.717) is 0 Å². The van der Waals surface area contributed by atoms with Crippen molar-refractivity contribution in [2.45, 2.75) is 26.2 Å². The maximum Gasteiger partial charge on any atom is -0.0196 e. The van der Waals surface area contributed by atoms with Crippen LogP contribution in [-0.2, 0) is 0 Å². The zero-order valence-electron chi connectivity index (χ0n) is 7.16. The zero-order chi connectivity index (χ0) is 7.42. The van der Waals surface area contributed by atoms with Crippen molar-refractivity contribution in [2.75, 3.05) is 0 Å². The predicted octanol–water partition coefficient (Wildman–Crippen LogP) is 2.85. The fourth-order valence-corrected chi connectivity index (χ4v) is 3.75. The number of allylic oxidation sites excluding steroid dienone is 2. The van der Waals surface area contributed by atoms with Gasteiger partial charge in [-0.15, -0.1) is 0 Å². The van der Waals surface area contributed by atoms with E-state index in [1.165, 1.54) is 19.3 Å². The first kappa shape index (κ1) is 6.28. The average Bonchev–Trinajstić information content (AvgIpc) is 2.53. The Hall–Kier alpha value is -0.260. The molecule has 0 saturated heterocycles. The van der Waals surface area contributed by atoms with Crippen molar-refractivity contribution in [3.8, 4) is 0 Å². The number of rotatable bonds is 0. The molecule has 0 heterocycles.